The van der Waals surface area contributed by atoms with Crippen molar-refractivity contribution in [2.45, 2.75) is 19.3 Å². The van der Waals surface area contributed by atoms with Gasteiger partial charge in [0.25, 0.3) is 0 Å². The summed E-state index contributed by atoms with van der Waals surface area (Å²) < 4.78 is 26.7. The molecular weight excluding hydrogens is 501 g/mol. The van der Waals surface area contributed by atoms with Crippen molar-refractivity contribution in [3.8, 4) is 22.8 Å². The Morgan fingerprint density at radius 2 is 2.08 bits per heavy atom. The highest BCUT2D eigenvalue weighted by atomic mass is 19.1. The van der Waals surface area contributed by atoms with Crippen molar-refractivity contribution in [1.82, 2.24) is 19.9 Å². The van der Waals surface area contributed by atoms with Gasteiger partial charge in [-0.2, -0.15) is 0 Å². The third kappa shape index (κ3) is 4.19. The number of carbonyl (C=O) groups is 1. The molecule has 1 saturated heterocycles. The standard InChI is InChI=1S/C28H28FN7O3/c1-14-18(12-32-26-25(14)31-7-9-39-26)17-11-21-19(24(30)23(17)29)13-33-28(35-21)34-20-5-4-15(10-22(20)38-3)16-6-8-36(2)27(16)37/h4-5,10-13,16,31H,6-9,30H2,1-3H3,(H,33,34,35)/t16-/m1/s1. The monoisotopic (exact) mass is 529 g/mol. The fourth-order valence-electron chi connectivity index (χ4n) is 5.20. The van der Waals surface area contributed by atoms with E-state index in [0.717, 1.165) is 29.8 Å². The molecule has 2 aromatic carbocycles. The zero-order valence-corrected chi connectivity index (χ0v) is 21.8. The summed E-state index contributed by atoms with van der Waals surface area (Å²) in [5, 5.41) is 6.86. The van der Waals surface area contributed by atoms with E-state index in [1.165, 1.54) is 6.20 Å². The highest BCUT2D eigenvalue weighted by molar-refractivity contribution is 5.96. The Kier molecular flexibility index (Phi) is 6.05. The van der Waals surface area contributed by atoms with Gasteiger partial charge in [-0.15, -0.1) is 0 Å². The van der Waals surface area contributed by atoms with Gasteiger partial charge in [0.15, 0.2) is 5.82 Å². The second kappa shape index (κ2) is 9.57. The number of fused-ring (bicyclic) bond motifs is 2. The van der Waals surface area contributed by atoms with Gasteiger partial charge in [-0.25, -0.2) is 19.3 Å². The number of nitrogens with zero attached hydrogens (tertiary/aromatic N) is 4. The molecule has 0 spiro atoms. The van der Waals surface area contributed by atoms with Gasteiger partial charge in [0.1, 0.15) is 18.0 Å². The molecule has 6 rings (SSSR count). The van der Waals surface area contributed by atoms with E-state index < -0.39 is 5.82 Å². The van der Waals surface area contributed by atoms with Crippen LogP contribution in [0, 0.1) is 12.7 Å². The Morgan fingerprint density at radius 3 is 2.85 bits per heavy atom. The summed E-state index contributed by atoms with van der Waals surface area (Å²) in [6.45, 7) is 3.78. The van der Waals surface area contributed by atoms with Crippen molar-refractivity contribution in [2.75, 3.05) is 50.2 Å². The lowest BCUT2D eigenvalue weighted by Gasteiger charge is -2.22. The lowest BCUT2D eigenvalue weighted by Crippen LogP contribution is -2.21. The van der Waals surface area contributed by atoms with Crippen LogP contribution in [0.5, 0.6) is 11.6 Å². The number of rotatable bonds is 5. The molecule has 4 aromatic rings. The van der Waals surface area contributed by atoms with Gasteiger partial charge < -0.3 is 30.7 Å². The molecule has 200 valence electrons. The summed E-state index contributed by atoms with van der Waals surface area (Å²) in [5.41, 5.74) is 10.6. The molecule has 0 radical (unpaired) electrons. The number of aromatic nitrogens is 3. The first-order valence-electron chi connectivity index (χ1n) is 12.7. The number of hydrogen-bond donors (Lipinski definition) is 3. The first-order valence-corrected chi connectivity index (χ1v) is 12.7. The van der Waals surface area contributed by atoms with Crippen LogP contribution in [0.25, 0.3) is 22.0 Å². The van der Waals surface area contributed by atoms with Crippen molar-refractivity contribution < 1.29 is 18.7 Å². The number of methoxy groups -OCH3 is 1. The Bertz CT molecular complexity index is 1630. The molecule has 2 aliphatic heterocycles. The smallest absolute Gasteiger partial charge is 0.237 e. The Balaban J connectivity index is 1.36. The second-order valence-corrected chi connectivity index (χ2v) is 9.72. The fraction of sp³-hybridized carbons (Fsp3) is 0.286. The van der Waals surface area contributed by atoms with E-state index in [-0.39, 0.29) is 29.0 Å². The molecule has 0 saturated carbocycles. The van der Waals surface area contributed by atoms with Gasteiger partial charge in [0.05, 0.1) is 29.9 Å². The minimum Gasteiger partial charge on any atom is -0.495 e. The molecule has 2 aliphatic rings. The Morgan fingerprint density at radius 1 is 1.23 bits per heavy atom. The summed E-state index contributed by atoms with van der Waals surface area (Å²) in [5.74, 6) is 0.701. The molecular formula is C28H28FN7O3. The van der Waals surface area contributed by atoms with Crippen LogP contribution in [-0.2, 0) is 4.79 Å². The highest BCUT2D eigenvalue weighted by Gasteiger charge is 2.31. The molecule has 11 heteroatoms. The zero-order valence-electron chi connectivity index (χ0n) is 21.8. The molecule has 0 unspecified atom stereocenters. The van der Waals surface area contributed by atoms with E-state index in [0.29, 0.717) is 46.9 Å². The van der Waals surface area contributed by atoms with E-state index in [1.807, 2.05) is 32.2 Å². The molecule has 2 aromatic heterocycles. The van der Waals surface area contributed by atoms with E-state index in [1.54, 1.807) is 24.3 Å². The number of carbonyl (C=O) groups excluding carboxylic acids is 1. The van der Waals surface area contributed by atoms with Crippen LogP contribution in [0.2, 0.25) is 0 Å². The van der Waals surface area contributed by atoms with Crippen molar-refractivity contribution in [3.63, 3.8) is 0 Å². The number of anilines is 4. The maximum absolute atomic E-state index is 15.5. The number of nitrogens with one attached hydrogen (secondary N) is 2. The van der Waals surface area contributed by atoms with Crippen LogP contribution in [-0.4, -0.2) is 59.6 Å². The number of likely N-dealkylation sites (tertiary alicyclic amines) is 1. The van der Waals surface area contributed by atoms with Crippen LogP contribution in [0.3, 0.4) is 0 Å². The first-order chi connectivity index (χ1) is 18.9. The average Bonchev–Trinajstić information content (AvgIpc) is 3.29. The van der Waals surface area contributed by atoms with Crippen LogP contribution >= 0.6 is 0 Å². The molecule has 1 amide bonds. The Labute approximate surface area is 224 Å². The number of halogens is 1. The van der Waals surface area contributed by atoms with E-state index in [4.69, 9.17) is 15.2 Å². The SMILES string of the molecule is COc1cc([C@H]2CCN(C)C2=O)ccc1Nc1ncc2c(N)c(F)c(-c3cnc4c(c3C)NCCO4)cc2n1. The molecule has 10 nitrogen and oxygen atoms in total. The van der Waals surface area contributed by atoms with E-state index in [2.05, 4.69) is 25.6 Å². The van der Waals surface area contributed by atoms with Gasteiger partial charge in [-0.1, -0.05) is 6.07 Å². The molecule has 4 heterocycles. The highest BCUT2D eigenvalue weighted by Crippen LogP contribution is 2.40. The van der Waals surface area contributed by atoms with Crippen molar-refractivity contribution >= 4 is 39.8 Å². The largest absolute Gasteiger partial charge is 0.495 e. The summed E-state index contributed by atoms with van der Waals surface area (Å²) in [7, 11) is 3.38. The number of amides is 1. The molecule has 1 fully saturated rings. The van der Waals surface area contributed by atoms with Crippen LogP contribution < -0.4 is 25.8 Å². The topological polar surface area (TPSA) is 128 Å². The van der Waals surface area contributed by atoms with Crippen molar-refractivity contribution in [1.29, 1.82) is 0 Å². The quantitative estimate of drug-likeness (QED) is 0.326. The van der Waals surface area contributed by atoms with Gasteiger partial charge >= 0.3 is 0 Å². The summed E-state index contributed by atoms with van der Waals surface area (Å²) in [4.78, 5) is 27.6. The predicted octanol–water partition coefficient (Wildman–Crippen LogP) is 4.22. The first kappa shape index (κ1) is 24.7. The minimum absolute atomic E-state index is 0.0384. The summed E-state index contributed by atoms with van der Waals surface area (Å²) in [6.07, 6.45) is 3.85. The zero-order chi connectivity index (χ0) is 27.3. The summed E-state index contributed by atoms with van der Waals surface area (Å²) in [6, 6.07) is 7.26. The van der Waals surface area contributed by atoms with Gasteiger partial charge in [-0.3, -0.25) is 4.79 Å². The van der Waals surface area contributed by atoms with Crippen LogP contribution in [0.1, 0.15) is 23.5 Å². The molecule has 0 aliphatic carbocycles. The molecule has 39 heavy (non-hydrogen) atoms. The summed E-state index contributed by atoms with van der Waals surface area (Å²) >= 11 is 0. The lowest BCUT2D eigenvalue weighted by molar-refractivity contribution is -0.127. The normalized spacial score (nSPS) is 16.6. The molecule has 4 N–H and O–H groups in total. The number of benzene rings is 2. The number of nitrogen functional groups attached to an aromatic ring is 1. The van der Waals surface area contributed by atoms with Crippen molar-refractivity contribution in [3.05, 3.63) is 53.6 Å². The maximum Gasteiger partial charge on any atom is 0.237 e. The van der Waals surface area contributed by atoms with Crippen molar-refractivity contribution in [2.24, 2.45) is 0 Å². The van der Waals surface area contributed by atoms with Gasteiger partial charge in [-0.05, 0) is 42.7 Å². The molecule has 0 bridgehead atoms. The van der Waals surface area contributed by atoms with Crippen LogP contribution in [0.4, 0.5) is 27.4 Å². The van der Waals surface area contributed by atoms with E-state index >= 15 is 4.39 Å². The van der Waals surface area contributed by atoms with Crippen LogP contribution in [0.15, 0.2) is 36.7 Å². The number of pyridine rings is 1. The number of ether oxygens (including phenoxy) is 2. The number of nitrogens with two attached hydrogens (primary N) is 1. The maximum atomic E-state index is 15.5. The van der Waals surface area contributed by atoms with Gasteiger partial charge in [0, 0.05) is 49.0 Å². The number of likely N-dealkylation sites (N-methyl/N-ethyl adjacent to an activating group) is 1. The fourth-order valence-corrected chi connectivity index (χ4v) is 5.20. The Hall–Kier alpha value is -4.67. The third-order valence-corrected chi connectivity index (χ3v) is 7.40. The molecule has 1 atom stereocenters. The van der Waals surface area contributed by atoms with Gasteiger partial charge in [0.2, 0.25) is 17.7 Å². The predicted molar refractivity (Wildman–Crippen MR) is 147 cm³/mol. The minimum atomic E-state index is -0.558. The third-order valence-electron chi connectivity index (χ3n) is 7.40. The second-order valence-electron chi connectivity index (χ2n) is 9.72. The number of hydrogen-bond acceptors (Lipinski definition) is 9. The lowest BCUT2D eigenvalue weighted by atomic mass is 9.97. The van der Waals surface area contributed by atoms with E-state index in [9.17, 15) is 4.79 Å². The average molecular weight is 530 g/mol.